The van der Waals surface area contributed by atoms with E-state index in [0.29, 0.717) is 12.4 Å². The van der Waals surface area contributed by atoms with E-state index >= 15 is 0 Å². The zero-order valence-corrected chi connectivity index (χ0v) is 13.7. The monoisotopic (exact) mass is 321 g/mol. The third kappa shape index (κ3) is 2.33. The van der Waals surface area contributed by atoms with Gasteiger partial charge in [-0.3, -0.25) is 4.68 Å². The number of aromatic nitrogens is 3. The Morgan fingerprint density at radius 3 is 2.64 bits per heavy atom. The molecule has 0 saturated carbocycles. The Morgan fingerprint density at radius 2 is 2.00 bits per heavy atom. The van der Waals surface area contributed by atoms with Crippen molar-refractivity contribution in [2.45, 2.75) is 17.7 Å². The SMILES string of the molecule is CN(C)c1ccc(S(=O)(=O)N2CCCc3cnn(C)c32)cn1. The second kappa shape index (κ2) is 5.28. The lowest BCUT2D eigenvalue weighted by Crippen LogP contribution is -2.36. The number of pyridine rings is 1. The van der Waals surface area contributed by atoms with E-state index in [0.717, 1.165) is 24.2 Å². The first kappa shape index (κ1) is 14.8. The molecule has 0 saturated heterocycles. The van der Waals surface area contributed by atoms with Crippen LogP contribution in [0.3, 0.4) is 0 Å². The molecule has 0 atom stereocenters. The molecule has 118 valence electrons. The molecule has 1 aliphatic rings. The Morgan fingerprint density at radius 1 is 1.23 bits per heavy atom. The first-order valence-electron chi connectivity index (χ1n) is 7.08. The fourth-order valence-electron chi connectivity index (χ4n) is 2.64. The van der Waals surface area contributed by atoms with Crippen molar-refractivity contribution in [1.82, 2.24) is 14.8 Å². The van der Waals surface area contributed by atoms with Crippen LogP contribution in [0.25, 0.3) is 0 Å². The number of anilines is 2. The van der Waals surface area contributed by atoms with Gasteiger partial charge in [0.25, 0.3) is 10.0 Å². The number of nitrogens with zero attached hydrogens (tertiary/aromatic N) is 5. The lowest BCUT2D eigenvalue weighted by atomic mass is 10.1. The predicted molar refractivity (Wildman–Crippen MR) is 84.6 cm³/mol. The molecule has 22 heavy (non-hydrogen) atoms. The fraction of sp³-hybridized carbons (Fsp3) is 0.429. The highest BCUT2D eigenvalue weighted by molar-refractivity contribution is 7.92. The summed E-state index contributed by atoms with van der Waals surface area (Å²) in [6.07, 6.45) is 4.80. The summed E-state index contributed by atoms with van der Waals surface area (Å²) in [7, 11) is 1.87. The second-order valence-electron chi connectivity index (χ2n) is 5.54. The first-order chi connectivity index (χ1) is 10.4. The van der Waals surface area contributed by atoms with E-state index in [2.05, 4.69) is 10.1 Å². The molecule has 0 N–H and O–H groups in total. The Labute approximate surface area is 130 Å². The predicted octanol–water partition coefficient (Wildman–Crippen LogP) is 1.02. The number of fused-ring (bicyclic) bond motifs is 1. The Bertz CT molecular complexity index is 780. The summed E-state index contributed by atoms with van der Waals surface area (Å²) in [5.41, 5.74) is 0.968. The number of hydrogen-bond donors (Lipinski definition) is 0. The van der Waals surface area contributed by atoms with Crippen LogP contribution < -0.4 is 9.21 Å². The minimum absolute atomic E-state index is 0.201. The molecular formula is C14H19N5O2S. The Balaban J connectivity index is 2.02. The highest BCUT2D eigenvalue weighted by Crippen LogP contribution is 2.31. The second-order valence-corrected chi connectivity index (χ2v) is 7.41. The molecule has 3 heterocycles. The van der Waals surface area contributed by atoms with Gasteiger partial charge < -0.3 is 4.90 Å². The van der Waals surface area contributed by atoms with Crippen molar-refractivity contribution in [1.29, 1.82) is 0 Å². The van der Waals surface area contributed by atoms with E-state index in [1.54, 1.807) is 30.1 Å². The van der Waals surface area contributed by atoms with E-state index in [1.807, 2.05) is 19.0 Å². The van der Waals surface area contributed by atoms with Gasteiger partial charge in [-0.2, -0.15) is 5.10 Å². The Kier molecular flexibility index (Phi) is 3.56. The summed E-state index contributed by atoms with van der Waals surface area (Å²) < 4.78 is 28.9. The standard InChI is InChI=1S/C14H19N5O2S/c1-17(2)13-7-6-12(10-15-13)22(20,21)19-8-4-5-11-9-16-18(3)14(11)19/h6-7,9-10H,4-5,8H2,1-3H3. The van der Waals surface area contributed by atoms with Crippen LogP contribution in [-0.4, -0.2) is 43.8 Å². The smallest absolute Gasteiger partial charge is 0.267 e. The fourth-order valence-corrected chi connectivity index (χ4v) is 4.16. The first-order valence-corrected chi connectivity index (χ1v) is 8.52. The number of hydrogen-bond acceptors (Lipinski definition) is 5. The molecule has 8 heteroatoms. The highest BCUT2D eigenvalue weighted by atomic mass is 32.2. The average Bonchev–Trinajstić information content (AvgIpc) is 2.89. The molecule has 0 amide bonds. The van der Waals surface area contributed by atoms with Gasteiger partial charge in [-0.1, -0.05) is 0 Å². The third-order valence-corrected chi connectivity index (χ3v) is 5.56. The van der Waals surface area contributed by atoms with Crippen LogP contribution in [0.2, 0.25) is 0 Å². The summed E-state index contributed by atoms with van der Waals surface area (Å²) in [6, 6.07) is 3.31. The molecule has 2 aromatic heterocycles. The number of rotatable bonds is 3. The number of sulfonamides is 1. The lowest BCUT2D eigenvalue weighted by molar-refractivity contribution is 0.582. The van der Waals surface area contributed by atoms with Crippen LogP contribution in [-0.2, 0) is 23.5 Å². The number of aryl methyl sites for hydroxylation is 2. The van der Waals surface area contributed by atoms with Gasteiger partial charge in [0.15, 0.2) is 0 Å². The summed E-state index contributed by atoms with van der Waals surface area (Å²) in [4.78, 5) is 6.23. The quantitative estimate of drug-likeness (QED) is 0.844. The maximum absolute atomic E-state index is 12.9. The zero-order chi connectivity index (χ0) is 15.9. The third-order valence-electron chi connectivity index (χ3n) is 3.79. The van der Waals surface area contributed by atoms with Crippen molar-refractivity contribution in [3.05, 3.63) is 30.1 Å². The largest absolute Gasteiger partial charge is 0.363 e. The van der Waals surface area contributed by atoms with Crippen molar-refractivity contribution in [3.63, 3.8) is 0 Å². The van der Waals surface area contributed by atoms with Crippen molar-refractivity contribution in [2.24, 2.45) is 7.05 Å². The van der Waals surface area contributed by atoms with Crippen LogP contribution in [0.15, 0.2) is 29.4 Å². The van der Waals surface area contributed by atoms with Gasteiger partial charge >= 0.3 is 0 Å². The topological polar surface area (TPSA) is 71.3 Å². The minimum Gasteiger partial charge on any atom is -0.363 e. The Hall–Kier alpha value is -2.09. The van der Waals surface area contributed by atoms with E-state index in [-0.39, 0.29) is 4.90 Å². The van der Waals surface area contributed by atoms with Crippen molar-refractivity contribution >= 4 is 21.7 Å². The van der Waals surface area contributed by atoms with Gasteiger partial charge in [0.2, 0.25) is 0 Å². The lowest BCUT2D eigenvalue weighted by Gasteiger charge is -2.28. The molecule has 0 spiro atoms. The maximum Gasteiger partial charge on any atom is 0.267 e. The van der Waals surface area contributed by atoms with Crippen molar-refractivity contribution in [2.75, 3.05) is 29.8 Å². The molecule has 1 aliphatic heterocycles. The van der Waals surface area contributed by atoms with Crippen LogP contribution in [0.5, 0.6) is 0 Å². The van der Waals surface area contributed by atoms with Gasteiger partial charge in [0, 0.05) is 39.4 Å². The maximum atomic E-state index is 12.9. The molecular weight excluding hydrogens is 302 g/mol. The molecule has 3 rings (SSSR count). The van der Waals surface area contributed by atoms with E-state index in [4.69, 9.17) is 0 Å². The van der Waals surface area contributed by atoms with Gasteiger partial charge in [0.1, 0.15) is 16.5 Å². The highest BCUT2D eigenvalue weighted by Gasteiger charge is 2.32. The average molecular weight is 321 g/mol. The van der Waals surface area contributed by atoms with Gasteiger partial charge in [-0.05, 0) is 25.0 Å². The van der Waals surface area contributed by atoms with E-state index in [1.165, 1.54) is 10.5 Å². The van der Waals surface area contributed by atoms with Gasteiger partial charge in [-0.15, -0.1) is 0 Å². The van der Waals surface area contributed by atoms with E-state index < -0.39 is 10.0 Å². The summed E-state index contributed by atoms with van der Waals surface area (Å²) in [6.45, 7) is 0.463. The summed E-state index contributed by atoms with van der Waals surface area (Å²) >= 11 is 0. The van der Waals surface area contributed by atoms with Gasteiger partial charge in [-0.25, -0.2) is 17.7 Å². The van der Waals surface area contributed by atoms with Gasteiger partial charge in [0.05, 0.1) is 6.20 Å². The van der Waals surface area contributed by atoms with Crippen LogP contribution in [0.4, 0.5) is 11.6 Å². The molecule has 0 aliphatic carbocycles. The van der Waals surface area contributed by atoms with E-state index in [9.17, 15) is 8.42 Å². The molecule has 7 nitrogen and oxygen atoms in total. The minimum atomic E-state index is -3.62. The molecule has 0 unspecified atom stereocenters. The molecule has 2 aromatic rings. The summed E-state index contributed by atoms with van der Waals surface area (Å²) in [5, 5.41) is 4.18. The van der Waals surface area contributed by atoms with Crippen molar-refractivity contribution in [3.8, 4) is 0 Å². The molecule has 0 radical (unpaired) electrons. The zero-order valence-electron chi connectivity index (χ0n) is 12.9. The van der Waals surface area contributed by atoms with Crippen LogP contribution in [0.1, 0.15) is 12.0 Å². The molecule has 0 bridgehead atoms. The van der Waals surface area contributed by atoms with Crippen molar-refractivity contribution < 1.29 is 8.42 Å². The van der Waals surface area contributed by atoms with Crippen LogP contribution in [0, 0.1) is 0 Å². The van der Waals surface area contributed by atoms with Crippen LogP contribution >= 0.6 is 0 Å². The molecule has 0 fully saturated rings. The normalized spacial score (nSPS) is 14.8. The molecule has 0 aromatic carbocycles. The summed E-state index contributed by atoms with van der Waals surface area (Å²) in [5.74, 6) is 1.38.